The van der Waals surface area contributed by atoms with E-state index in [0.29, 0.717) is 6.42 Å². The van der Waals surface area contributed by atoms with Crippen molar-refractivity contribution >= 4 is 18.4 Å². The lowest BCUT2D eigenvalue weighted by atomic mass is 9.77. The molecule has 0 aliphatic carbocycles. The predicted molar refractivity (Wildman–Crippen MR) is 54.3 cm³/mol. The van der Waals surface area contributed by atoms with Gasteiger partial charge < -0.3 is 10.4 Å². The average molecular weight is 219 g/mol. The first kappa shape index (κ1) is 13.2. The second-order valence-corrected chi connectivity index (χ2v) is 3.54. The van der Waals surface area contributed by atoms with Crippen LogP contribution in [0.5, 0.6) is 0 Å². The maximum atomic E-state index is 10.4. The van der Waals surface area contributed by atoms with Gasteiger partial charge in [-0.15, -0.1) is 12.4 Å². The van der Waals surface area contributed by atoms with E-state index in [-0.39, 0.29) is 24.2 Å². The fraction of sp³-hybridized carbons (Fsp3) is 0.778. The fourth-order valence-corrected chi connectivity index (χ4v) is 1.67. The van der Waals surface area contributed by atoms with Crippen molar-refractivity contribution in [2.45, 2.75) is 25.7 Å². The van der Waals surface area contributed by atoms with Gasteiger partial charge in [0.1, 0.15) is 0 Å². The summed E-state index contributed by atoms with van der Waals surface area (Å²) in [5.74, 6) is -0.812. The summed E-state index contributed by atoms with van der Waals surface area (Å²) in [5.41, 5.74) is -0.385. The second kappa shape index (κ2) is 5.84. The van der Waals surface area contributed by atoms with Crippen molar-refractivity contribution in [3.63, 3.8) is 0 Å². The molecule has 0 aromatic carbocycles. The molecule has 4 nitrogen and oxygen atoms in total. The molecule has 2 N–H and O–H groups in total. The summed E-state index contributed by atoms with van der Waals surface area (Å²) in [6.45, 7) is 1.65. The third kappa shape index (κ3) is 3.52. The van der Waals surface area contributed by atoms with Gasteiger partial charge in [-0.2, -0.15) is 5.26 Å². The van der Waals surface area contributed by atoms with Gasteiger partial charge in [0.2, 0.25) is 0 Å². The number of piperidine rings is 1. The number of nitrogens with one attached hydrogen (secondary N) is 1. The van der Waals surface area contributed by atoms with Crippen LogP contribution in [0.2, 0.25) is 0 Å². The van der Waals surface area contributed by atoms with Crippen molar-refractivity contribution in [2.75, 3.05) is 13.1 Å². The topological polar surface area (TPSA) is 73.1 Å². The first-order valence-corrected chi connectivity index (χ1v) is 4.52. The second-order valence-electron chi connectivity index (χ2n) is 3.54. The molecule has 0 bridgehead atoms. The van der Waals surface area contributed by atoms with Crippen LogP contribution in [0.25, 0.3) is 0 Å². The molecule has 1 fully saturated rings. The van der Waals surface area contributed by atoms with Gasteiger partial charge in [0.05, 0.1) is 11.5 Å². The van der Waals surface area contributed by atoms with E-state index in [9.17, 15) is 4.79 Å². The van der Waals surface area contributed by atoms with Crippen LogP contribution in [-0.2, 0) is 4.79 Å². The van der Waals surface area contributed by atoms with Crippen LogP contribution in [0, 0.1) is 16.7 Å². The number of carboxylic acids is 1. The molecule has 1 heterocycles. The van der Waals surface area contributed by atoms with Crippen molar-refractivity contribution in [2.24, 2.45) is 5.41 Å². The van der Waals surface area contributed by atoms with Gasteiger partial charge in [-0.3, -0.25) is 4.79 Å². The predicted octanol–water partition coefficient (Wildman–Crippen LogP) is 1.17. The summed E-state index contributed by atoms with van der Waals surface area (Å²) in [4.78, 5) is 10.4. The number of carboxylic acid groups (broad SMARTS) is 1. The average Bonchev–Trinajstić information content (AvgIpc) is 2.16. The summed E-state index contributed by atoms with van der Waals surface area (Å²) in [5, 5.41) is 20.7. The van der Waals surface area contributed by atoms with Crippen LogP contribution in [0.4, 0.5) is 0 Å². The molecule has 1 rings (SSSR count). The minimum absolute atomic E-state index is 0. The molecular weight excluding hydrogens is 204 g/mol. The molecule has 0 aromatic heterocycles. The first-order chi connectivity index (χ1) is 6.18. The zero-order valence-corrected chi connectivity index (χ0v) is 8.77. The molecule has 0 saturated carbocycles. The summed E-state index contributed by atoms with van der Waals surface area (Å²) in [6.07, 6.45) is 2.14. The monoisotopic (exact) mass is 218 g/mol. The summed E-state index contributed by atoms with van der Waals surface area (Å²) in [7, 11) is 0. The van der Waals surface area contributed by atoms with E-state index in [0.717, 1.165) is 25.9 Å². The molecule has 1 aliphatic heterocycles. The van der Waals surface area contributed by atoms with Crippen molar-refractivity contribution < 1.29 is 9.90 Å². The van der Waals surface area contributed by atoms with Crippen LogP contribution in [-0.4, -0.2) is 24.2 Å². The highest BCUT2D eigenvalue weighted by molar-refractivity contribution is 5.85. The Morgan fingerprint density at radius 3 is 2.50 bits per heavy atom. The Morgan fingerprint density at radius 1 is 1.50 bits per heavy atom. The maximum Gasteiger partial charge on any atom is 0.303 e. The number of nitrogens with zero attached hydrogens (tertiary/aromatic N) is 1. The number of aliphatic carboxylic acids is 1. The number of rotatable bonds is 3. The quantitative estimate of drug-likeness (QED) is 0.746. The van der Waals surface area contributed by atoms with Crippen molar-refractivity contribution in [3.8, 4) is 6.07 Å². The van der Waals surface area contributed by atoms with Crippen LogP contribution < -0.4 is 5.32 Å². The Balaban J connectivity index is 0.00000169. The van der Waals surface area contributed by atoms with Crippen molar-refractivity contribution in [1.82, 2.24) is 5.32 Å². The smallest absolute Gasteiger partial charge is 0.303 e. The molecule has 14 heavy (non-hydrogen) atoms. The van der Waals surface area contributed by atoms with E-state index in [1.54, 1.807) is 0 Å². The van der Waals surface area contributed by atoms with E-state index >= 15 is 0 Å². The molecule has 0 amide bonds. The Kier molecular flexibility index (Phi) is 5.51. The van der Waals surface area contributed by atoms with Gasteiger partial charge in [-0.1, -0.05) is 0 Å². The van der Waals surface area contributed by atoms with Crippen LogP contribution >= 0.6 is 12.4 Å². The Hall–Kier alpha value is -0.790. The zero-order chi connectivity index (χ0) is 9.73. The van der Waals surface area contributed by atoms with E-state index in [2.05, 4.69) is 11.4 Å². The molecule has 1 aliphatic rings. The highest BCUT2D eigenvalue weighted by atomic mass is 35.5. The van der Waals surface area contributed by atoms with Gasteiger partial charge in [0.15, 0.2) is 0 Å². The number of nitriles is 1. The Bertz CT molecular complexity index is 231. The van der Waals surface area contributed by atoms with E-state index in [1.165, 1.54) is 0 Å². The van der Waals surface area contributed by atoms with Crippen LogP contribution in [0.1, 0.15) is 25.7 Å². The summed E-state index contributed by atoms with van der Waals surface area (Å²) < 4.78 is 0. The molecular formula is C9H15ClN2O2. The summed E-state index contributed by atoms with van der Waals surface area (Å²) in [6, 6.07) is 2.27. The van der Waals surface area contributed by atoms with E-state index in [4.69, 9.17) is 10.4 Å². The molecule has 0 aromatic rings. The normalized spacial score (nSPS) is 19.1. The largest absolute Gasteiger partial charge is 0.481 e. The van der Waals surface area contributed by atoms with Gasteiger partial charge >= 0.3 is 5.97 Å². The zero-order valence-electron chi connectivity index (χ0n) is 7.95. The number of carbonyl (C=O) groups is 1. The lowest BCUT2D eigenvalue weighted by Crippen LogP contribution is -2.36. The fourth-order valence-electron chi connectivity index (χ4n) is 1.67. The molecule has 0 atom stereocenters. The molecule has 80 valence electrons. The third-order valence-corrected chi connectivity index (χ3v) is 2.62. The summed E-state index contributed by atoms with van der Waals surface area (Å²) >= 11 is 0. The molecule has 0 spiro atoms. The number of hydrogen-bond donors (Lipinski definition) is 2. The Labute approximate surface area is 89.7 Å². The van der Waals surface area contributed by atoms with E-state index < -0.39 is 5.97 Å². The van der Waals surface area contributed by atoms with Gasteiger partial charge in [0.25, 0.3) is 0 Å². The van der Waals surface area contributed by atoms with Crippen LogP contribution in [0.15, 0.2) is 0 Å². The highest BCUT2D eigenvalue weighted by Gasteiger charge is 2.32. The highest BCUT2D eigenvalue weighted by Crippen LogP contribution is 2.32. The van der Waals surface area contributed by atoms with Gasteiger partial charge in [-0.05, 0) is 32.4 Å². The maximum absolute atomic E-state index is 10.4. The lowest BCUT2D eigenvalue weighted by Gasteiger charge is -2.30. The van der Waals surface area contributed by atoms with Crippen molar-refractivity contribution in [1.29, 1.82) is 5.26 Å². The molecule has 1 saturated heterocycles. The number of hydrogen-bond acceptors (Lipinski definition) is 3. The van der Waals surface area contributed by atoms with E-state index in [1.807, 2.05) is 0 Å². The van der Waals surface area contributed by atoms with Gasteiger partial charge in [-0.25, -0.2) is 0 Å². The standard InChI is InChI=1S/C9H14N2O2.ClH/c10-7-9(2-1-8(12)13)3-5-11-6-4-9;/h11H,1-6H2,(H,12,13);1H. The molecule has 0 unspecified atom stereocenters. The molecule has 5 heteroatoms. The third-order valence-electron chi connectivity index (χ3n) is 2.62. The lowest BCUT2D eigenvalue weighted by molar-refractivity contribution is -0.137. The van der Waals surface area contributed by atoms with Gasteiger partial charge in [0, 0.05) is 6.42 Å². The molecule has 0 radical (unpaired) electrons. The number of halogens is 1. The minimum atomic E-state index is -0.812. The Morgan fingerprint density at radius 2 is 2.07 bits per heavy atom. The SMILES string of the molecule is Cl.N#CC1(CCC(=O)O)CCNCC1. The first-order valence-electron chi connectivity index (χ1n) is 4.52. The van der Waals surface area contributed by atoms with Crippen LogP contribution in [0.3, 0.4) is 0 Å². The minimum Gasteiger partial charge on any atom is -0.481 e. The van der Waals surface area contributed by atoms with Crippen molar-refractivity contribution in [3.05, 3.63) is 0 Å².